The quantitative estimate of drug-likeness (QED) is 0.745. The van der Waals surface area contributed by atoms with Crippen LogP contribution in [-0.2, 0) is 4.79 Å². The molecule has 0 bridgehead atoms. The van der Waals surface area contributed by atoms with E-state index in [9.17, 15) is 4.79 Å². The predicted octanol–water partition coefficient (Wildman–Crippen LogP) is 0.628. The molecule has 0 aromatic heterocycles. The van der Waals surface area contributed by atoms with Crippen LogP contribution in [-0.4, -0.2) is 59.1 Å². The molecule has 2 rings (SSSR count). The first-order valence-corrected chi connectivity index (χ1v) is 5.75. The number of aliphatic carboxylic acids is 1. The third-order valence-corrected chi connectivity index (χ3v) is 3.69. The molecule has 2 fully saturated rings. The van der Waals surface area contributed by atoms with E-state index in [1.165, 1.54) is 12.8 Å². The van der Waals surface area contributed by atoms with E-state index in [2.05, 4.69) is 16.7 Å². The molecule has 15 heavy (non-hydrogen) atoms. The largest absolute Gasteiger partial charge is 0.481 e. The highest BCUT2D eigenvalue weighted by Gasteiger charge is 2.37. The van der Waals surface area contributed by atoms with Gasteiger partial charge in [-0.15, -0.1) is 0 Å². The topological polar surface area (TPSA) is 43.8 Å². The van der Waals surface area contributed by atoms with Crippen molar-refractivity contribution < 1.29 is 9.90 Å². The van der Waals surface area contributed by atoms with Crippen molar-refractivity contribution in [3.63, 3.8) is 0 Å². The van der Waals surface area contributed by atoms with Gasteiger partial charge in [-0.3, -0.25) is 14.6 Å². The zero-order valence-electron chi connectivity index (χ0n) is 9.52. The van der Waals surface area contributed by atoms with Gasteiger partial charge in [0.15, 0.2) is 0 Å². The Balaban J connectivity index is 1.97. The molecule has 4 heteroatoms. The number of carboxylic acid groups (broad SMARTS) is 1. The number of carboxylic acids is 1. The maximum Gasteiger partial charge on any atom is 0.304 e. The lowest BCUT2D eigenvalue weighted by Gasteiger charge is -2.43. The summed E-state index contributed by atoms with van der Waals surface area (Å²) in [7, 11) is 2.04. The van der Waals surface area contributed by atoms with Gasteiger partial charge in [0.05, 0.1) is 6.42 Å². The van der Waals surface area contributed by atoms with Crippen LogP contribution in [0.4, 0.5) is 0 Å². The van der Waals surface area contributed by atoms with Crippen molar-refractivity contribution >= 4 is 5.97 Å². The summed E-state index contributed by atoms with van der Waals surface area (Å²) in [6, 6.07) is 1.41. The molecule has 0 aromatic rings. The van der Waals surface area contributed by atoms with Gasteiger partial charge in [-0.05, 0) is 26.8 Å². The normalized spacial score (nSPS) is 34.3. The van der Waals surface area contributed by atoms with Crippen molar-refractivity contribution in [1.29, 1.82) is 0 Å². The van der Waals surface area contributed by atoms with Crippen molar-refractivity contribution in [2.45, 2.75) is 44.3 Å². The second-order valence-electron chi connectivity index (χ2n) is 4.95. The highest BCUT2D eigenvalue weighted by atomic mass is 16.4. The van der Waals surface area contributed by atoms with Crippen LogP contribution in [0.3, 0.4) is 0 Å². The molecule has 1 saturated carbocycles. The maximum atomic E-state index is 10.8. The fraction of sp³-hybridized carbons (Fsp3) is 0.909. The Bertz CT molecular complexity index is 253. The van der Waals surface area contributed by atoms with Crippen LogP contribution in [0.1, 0.15) is 26.2 Å². The second-order valence-corrected chi connectivity index (χ2v) is 4.95. The zero-order valence-corrected chi connectivity index (χ0v) is 9.52. The van der Waals surface area contributed by atoms with E-state index in [1.54, 1.807) is 0 Å². The van der Waals surface area contributed by atoms with Crippen LogP contribution in [0.2, 0.25) is 0 Å². The number of hydrogen-bond acceptors (Lipinski definition) is 3. The van der Waals surface area contributed by atoms with Crippen LogP contribution in [0, 0.1) is 0 Å². The molecule has 1 heterocycles. The minimum absolute atomic E-state index is 0.187. The molecule has 1 aliphatic heterocycles. The van der Waals surface area contributed by atoms with Gasteiger partial charge in [0, 0.05) is 31.2 Å². The number of nitrogens with zero attached hydrogens (tertiary/aromatic N) is 2. The second kappa shape index (κ2) is 4.10. The van der Waals surface area contributed by atoms with Crippen LogP contribution >= 0.6 is 0 Å². The number of likely N-dealkylation sites (N-methyl/N-ethyl adjacent to an activating group) is 1. The monoisotopic (exact) mass is 212 g/mol. The fourth-order valence-corrected chi connectivity index (χ4v) is 2.45. The maximum absolute atomic E-state index is 10.8. The van der Waals surface area contributed by atoms with E-state index in [0.717, 1.165) is 19.1 Å². The summed E-state index contributed by atoms with van der Waals surface area (Å²) in [5.74, 6) is -0.684. The Kier molecular flexibility index (Phi) is 2.98. The fourth-order valence-electron chi connectivity index (χ4n) is 2.45. The smallest absolute Gasteiger partial charge is 0.304 e. The van der Waals surface area contributed by atoms with E-state index < -0.39 is 5.97 Å². The van der Waals surface area contributed by atoms with Gasteiger partial charge in [-0.25, -0.2) is 0 Å². The summed E-state index contributed by atoms with van der Waals surface area (Å²) >= 11 is 0. The molecular weight excluding hydrogens is 192 g/mol. The number of rotatable bonds is 3. The van der Waals surface area contributed by atoms with E-state index in [1.807, 2.05) is 7.05 Å². The van der Waals surface area contributed by atoms with Gasteiger partial charge < -0.3 is 5.11 Å². The van der Waals surface area contributed by atoms with Gasteiger partial charge in [0.25, 0.3) is 0 Å². The summed E-state index contributed by atoms with van der Waals surface area (Å²) in [6.45, 7) is 4.21. The van der Waals surface area contributed by atoms with Crippen molar-refractivity contribution in [1.82, 2.24) is 9.80 Å². The highest BCUT2D eigenvalue weighted by Crippen LogP contribution is 2.30. The third kappa shape index (κ3) is 2.49. The summed E-state index contributed by atoms with van der Waals surface area (Å²) in [5, 5.41) is 8.87. The van der Waals surface area contributed by atoms with E-state index in [0.29, 0.717) is 6.04 Å². The summed E-state index contributed by atoms with van der Waals surface area (Å²) < 4.78 is 0. The minimum Gasteiger partial charge on any atom is -0.481 e. The molecule has 4 nitrogen and oxygen atoms in total. The summed E-state index contributed by atoms with van der Waals surface area (Å²) in [4.78, 5) is 15.5. The van der Waals surface area contributed by atoms with Gasteiger partial charge in [0.1, 0.15) is 0 Å². The van der Waals surface area contributed by atoms with Crippen LogP contribution < -0.4 is 0 Å². The molecule has 2 aliphatic rings. The number of carbonyl (C=O) groups is 1. The lowest BCUT2D eigenvalue weighted by atomic mass is 10.1. The molecule has 1 aliphatic carbocycles. The van der Waals surface area contributed by atoms with Gasteiger partial charge in [-0.2, -0.15) is 0 Å². The standard InChI is InChI=1S/C11H20N2O2/c1-8-6-13(9-3-4-9)7-10(12(8)2)5-11(14)15/h8-10H,3-7H2,1-2H3,(H,14,15). The van der Waals surface area contributed by atoms with Gasteiger partial charge >= 0.3 is 5.97 Å². The summed E-state index contributed by atoms with van der Waals surface area (Å²) in [5.41, 5.74) is 0. The van der Waals surface area contributed by atoms with Crippen molar-refractivity contribution in [3.05, 3.63) is 0 Å². The van der Waals surface area contributed by atoms with E-state index in [4.69, 9.17) is 5.11 Å². The molecule has 1 saturated heterocycles. The Morgan fingerprint density at radius 3 is 2.60 bits per heavy atom. The average Bonchev–Trinajstić information content (AvgIpc) is 2.94. The molecule has 0 radical (unpaired) electrons. The molecular formula is C11H20N2O2. The SMILES string of the molecule is CC1CN(C2CC2)CC(CC(=O)O)N1C. The van der Waals surface area contributed by atoms with Crippen molar-refractivity contribution in [2.75, 3.05) is 20.1 Å². The molecule has 1 N–H and O–H groups in total. The average molecular weight is 212 g/mol. The van der Waals surface area contributed by atoms with Gasteiger partial charge in [0.2, 0.25) is 0 Å². The van der Waals surface area contributed by atoms with Crippen LogP contribution in [0.15, 0.2) is 0 Å². The predicted molar refractivity (Wildman–Crippen MR) is 57.9 cm³/mol. The molecule has 2 unspecified atom stereocenters. The van der Waals surface area contributed by atoms with E-state index in [-0.39, 0.29) is 12.5 Å². The Morgan fingerprint density at radius 2 is 2.07 bits per heavy atom. The van der Waals surface area contributed by atoms with Crippen LogP contribution in [0.5, 0.6) is 0 Å². The van der Waals surface area contributed by atoms with Gasteiger partial charge in [-0.1, -0.05) is 0 Å². The molecule has 86 valence electrons. The van der Waals surface area contributed by atoms with Crippen LogP contribution in [0.25, 0.3) is 0 Å². The third-order valence-electron chi connectivity index (χ3n) is 3.69. The minimum atomic E-state index is -0.684. The summed E-state index contributed by atoms with van der Waals surface area (Å²) in [6.07, 6.45) is 2.87. The van der Waals surface area contributed by atoms with E-state index >= 15 is 0 Å². The molecule has 0 amide bonds. The first kappa shape index (κ1) is 10.9. The number of piperazine rings is 1. The molecule has 0 spiro atoms. The Labute approximate surface area is 90.9 Å². The van der Waals surface area contributed by atoms with Crippen molar-refractivity contribution in [3.8, 4) is 0 Å². The Hall–Kier alpha value is -0.610. The number of hydrogen-bond donors (Lipinski definition) is 1. The lowest BCUT2D eigenvalue weighted by Crippen LogP contribution is -2.57. The first-order valence-electron chi connectivity index (χ1n) is 5.75. The Morgan fingerprint density at radius 1 is 1.40 bits per heavy atom. The zero-order chi connectivity index (χ0) is 11.0. The molecule has 0 aromatic carbocycles. The lowest BCUT2D eigenvalue weighted by molar-refractivity contribution is -0.139. The highest BCUT2D eigenvalue weighted by molar-refractivity contribution is 5.67. The molecule has 2 atom stereocenters. The van der Waals surface area contributed by atoms with Crippen molar-refractivity contribution in [2.24, 2.45) is 0 Å². The first-order chi connectivity index (χ1) is 7.08.